The monoisotopic (exact) mass is 454 g/mol. The molecule has 3 aromatic rings. The fourth-order valence-corrected chi connectivity index (χ4v) is 4.10. The van der Waals surface area contributed by atoms with Crippen molar-refractivity contribution in [1.29, 1.82) is 0 Å². The highest BCUT2D eigenvalue weighted by Gasteiger charge is 2.33. The first-order chi connectivity index (χ1) is 15.6. The molecule has 4 rings (SSSR count). The number of amides is 1. The Morgan fingerprint density at radius 3 is 2.53 bits per heavy atom. The summed E-state index contributed by atoms with van der Waals surface area (Å²) in [5, 5.41) is 11.8. The number of rotatable bonds is 10. The molecule has 0 atom stereocenters. The van der Waals surface area contributed by atoms with E-state index in [0.717, 1.165) is 29.2 Å². The molecule has 7 nitrogen and oxygen atoms in total. The van der Waals surface area contributed by atoms with Crippen LogP contribution in [0.4, 0.5) is 0 Å². The van der Waals surface area contributed by atoms with Gasteiger partial charge >= 0.3 is 0 Å². The van der Waals surface area contributed by atoms with Gasteiger partial charge in [-0.1, -0.05) is 6.07 Å². The van der Waals surface area contributed by atoms with E-state index in [-0.39, 0.29) is 25.2 Å². The summed E-state index contributed by atoms with van der Waals surface area (Å²) in [6.07, 6.45) is 2.03. The molecule has 0 spiro atoms. The molecular formula is C24H26N2O5S. The van der Waals surface area contributed by atoms with Crippen molar-refractivity contribution in [3.8, 4) is 17.2 Å². The normalized spacial score (nSPS) is 13.0. The molecular weight excluding hydrogens is 428 g/mol. The van der Waals surface area contributed by atoms with Gasteiger partial charge in [0.05, 0.1) is 26.5 Å². The SMILES string of the molecule is COc1ccc(C(=O)N(Cc2ccc(OC)c(OCc3nc(CO)cs3)c2)C2CC2)cc1. The van der Waals surface area contributed by atoms with Crippen LogP contribution in [-0.2, 0) is 19.8 Å². The van der Waals surface area contributed by atoms with E-state index in [9.17, 15) is 9.90 Å². The number of aliphatic hydroxyl groups is 1. The lowest BCUT2D eigenvalue weighted by atomic mass is 10.1. The summed E-state index contributed by atoms with van der Waals surface area (Å²) in [6, 6.07) is 13.2. The van der Waals surface area contributed by atoms with Crippen molar-refractivity contribution in [2.75, 3.05) is 14.2 Å². The number of benzene rings is 2. The Labute approximate surface area is 191 Å². The number of hydrogen-bond donors (Lipinski definition) is 1. The molecule has 1 heterocycles. The minimum absolute atomic E-state index is 0.00718. The van der Waals surface area contributed by atoms with E-state index in [4.69, 9.17) is 14.2 Å². The topological polar surface area (TPSA) is 81.1 Å². The molecule has 0 bridgehead atoms. The molecule has 0 saturated heterocycles. The predicted octanol–water partition coefficient (Wildman–Crippen LogP) is 4.04. The van der Waals surface area contributed by atoms with Crippen LogP contribution in [0.25, 0.3) is 0 Å². The third-order valence-electron chi connectivity index (χ3n) is 5.28. The summed E-state index contributed by atoms with van der Waals surface area (Å²) < 4.78 is 16.6. The molecule has 32 heavy (non-hydrogen) atoms. The summed E-state index contributed by atoms with van der Waals surface area (Å²) in [4.78, 5) is 19.4. The number of ether oxygens (including phenoxy) is 3. The molecule has 168 valence electrons. The van der Waals surface area contributed by atoms with Crippen molar-refractivity contribution in [2.45, 2.75) is 38.6 Å². The van der Waals surface area contributed by atoms with Crippen LogP contribution in [0, 0.1) is 0 Å². The molecule has 1 aromatic heterocycles. The molecule has 0 unspecified atom stereocenters. The number of carbonyl (C=O) groups is 1. The van der Waals surface area contributed by atoms with E-state index >= 15 is 0 Å². The number of thiazole rings is 1. The van der Waals surface area contributed by atoms with Crippen LogP contribution in [0.1, 0.15) is 39.5 Å². The quantitative estimate of drug-likeness (QED) is 0.498. The Balaban J connectivity index is 1.49. The maximum Gasteiger partial charge on any atom is 0.254 e. The molecule has 2 aromatic carbocycles. The summed E-state index contributed by atoms with van der Waals surface area (Å²) in [6.45, 7) is 0.678. The smallest absolute Gasteiger partial charge is 0.254 e. The van der Waals surface area contributed by atoms with E-state index in [1.165, 1.54) is 11.3 Å². The van der Waals surface area contributed by atoms with Crippen molar-refractivity contribution in [1.82, 2.24) is 9.88 Å². The lowest BCUT2D eigenvalue weighted by Crippen LogP contribution is -2.32. The molecule has 0 radical (unpaired) electrons. The van der Waals surface area contributed by atoms with Crippen LogP contribution in [0.5, 0.6) is 17.2 Å². The van der Waals surface area contributed by atoms with Gasteiger partial charge in [0, 0.05) is 23.5 Å². The Morgan fingerprint density at radius 2 is 1.91 bits per heavy atom. The van der Waals surface area contributed by atoms with Gasteiger partial charge in [-0.2, -0.15) is 0 Å². The van der Waals surface area contributed by atoms with E-state index in [2.05, 4.69) is 4.98 Å². The first-order valence-electron chi connectivity index (χ1n) is 10.4. The number of methoxy groups -OCH3 is 2. The molecule has 1 fully saturated rings. The standard InChI is InChI=1S/C24H26N2O5S/c1-29-20-8-4-17(5-9-20)24(28)26(19-6-7-19)12-16-3-10-21(30-2)22(11-16)31-14-23-25-18(13-27)15-32-23/h3-5,8-11,15,19,27H,6-7,12-14H2,1-2H3. The summed E-state index contributed by atoms with van der Waals surface area (Å²) in [7, 11) is 3.20. The largest absolute Gasteiger partial charge is 0.497 e. The number of nitrogens with zero attached hydrogens (tertiary/aromatic N) is 2. The second-order valence-electron chi connectivity index (χ2n) is 7.56. The van der Waals surface area contributed by atoms with Crippen LogP contribution in [-0.4, -0.2) is 41.2 Å². The van der Waals surface area contributed by atoms with Gasteiger partial charge < -0.3 is 24.2 Å². The predicted molar refractivity (Wildman–Crippen MR) is 121 cm³/mol. The maximum atomic E-state index is 13.2. The number of hydrogen-bond acceptors (Lipinski definition) is 7. The van der Waals surface area contributed by atoms with Crippen LogP contribution in [0.2, 0.25) is 0 Å². The number of aromatic nitrogens is 1. The van der Waals surface area contributed by atoms with Gasteiger partial charge in [0.15, 0.2) is 11.5 Å². The van der Waals surface area contributed by atoms with E-state index in [1.807, 2.05) is 28.5 Å². The number of aliphatic hydroxyl groups excluding tert-OH is 1. The van der Waals surface area contributed by atoms with E-state index < -0.39 is 0 Å². The molecule has 1 N–H and O–H groups in total. The van der Waals surface area contributed by atoms with Gasteiger partial charge in [-0.15, -0.1) is 11.3 Å². The Hall–Kier alpha value is -3.10. The molecule has 1 saturated carbocycles. The zero-order valence-corrected chi connectivity index (χ0v) is 18.9. The molecule has 8 heteroatoms. The lowest BCUT2D eigenvalue weighted by Gasteiger charge is -2.23. The zero-order chi connectivity index (χ0) is 22.5. The minimum Gasteiger partial charge on any atom is -0.497 e. The fraction of sp³-hybridized carbons (Fsp3) is 0.333. The minimum atomic E-state index is -0.0888. The molecule has 1 amide bonds. The summed E-state index contributed by atoms with van der Waals surface area (Å²) >= 11 is 1.44. The third kappa shape index (κ3) is 5.20. The van der Waals surface area contributed by atoms with Crippen LogP contribution in [0.3, 0.4) is 0 Å². The van der Waals surface area contributed by atoms with Gasteiger partial charge in [0.2, 0.25) is 0 Å². The van der Waals surface area contributed by atoms with Gasteiger partial charge in [-0.3, -0.25) is 4.79 Å². The Morgan fingerprint density at radius 1 is 1.12 bits per heavy atom. The molecule has 0 aliphatic heterocycles. The van der Waals surface area contributed by atoms with Crippen molar-refractivity contribution >= 4 is 17.2 Å². The first kappa shape index (κ1) is 22.1. The third-order valence-corrected chi connectivity index (χ3v) is 6.15. The van der Waals surface area contributed by atoms with Crippen molar-refractivity contribution < 1.29 is 24.1 Å². The highest BCUT2D eigenvalue weighted by molar-refractivity contribution is 7.09. The number of carbonyl (C=O) groups excluding carboxylic acids is 1. The fourth-order valence-electron chi connectivity index (χ4n) is 3.41. The Kier molecular flexibility index (Phi) is 6.92. The second-order valence-corrected chi connectivity index (χ2v) is 8.50. The zero-order valence-electron chi connectivity index (χ0n) is 18.1. The van der Waals surface area contributed by atoms with Gasteiger partial charge in [-0.05, 0) is 54.8 Å². The highest BCUT2D eigenvalue weighted by Crippen LogP contribution is 2.33. The summed E-state index contributed by atoms with van der Waals surface area (Å²) in [5.74, 6) is 1.95. The molecule has 1 aliphatic rings. The second kappa shape index (κ2) is 10.0. The first-order valence-corrected chi connectivity index (χ1v) is 11.3. The van der Waals surface area contributed by atoms with Gasteiger partial charge in [0.25, 0.3) is 5.91 Å². The highest BCUT2D eigenvalue weighted by atomic mass is 32.1. The van der Waals surface area contributed by atoms with Gasteiger partial charge in [-0.25, -0.2) is 4.98 Å². The van der Waals surface area contributed by atoms with E-state index in [1.54, 1.807) is 38.5 Å². The Bertz CT molecular complexity index is 1060. The van der Waals surface area contributed by atoms with Crippen molar-refractivity contribution in [3.05, 3.63) is 69.7 Å². The van der Waals surface area contributed by atoms with E-state index in [0.29, 0.717) is 29.3 Å². The summed E-state index contributed by atoms with van der Waals surface area (Å²) in [5.41, 5.74) is 2.24. The average Bonchev–Trinajstić information content (AvgIpc) is 3.57. The van der Waals surface area contributed by atoms with Crippen LogP contribution in [0.15, 0.2) is 47.8 Å². The van der Waals surface area contributed by atoms with Crippen LogP contribution < -0.4 is 14.2 Å². The van der Waals surface area contributed by atoms with Gasteiger partial charge in [0.1, 0.15) is 17.4 Å². The van der Waals surface area contributed by atoms with Crippen molar-refractivity contribution in [3.63, 3.8) is 0 Å². The molecule has 1 aliphatic carbocycles. The maximum absolute atomic E-state index is 13.2. The average molecular weight is 455 g/mol. The lowest BCUT2D eigenvalue weighted by molar-refractivity contribution is 0.0729. The van der Waals surface area contributed by atoms with Crippen LogP contribution >= 0.6 is 11.3 Å². The van der Waals surface area contributed by atoms with Crippen molar-refractivity contribution in [2.24, 2.45) is 0 Å².